The van der Waals surface area contributed by atoms with E-state index in [-0.39, 0.29) is 12.4 Å². The number of rotatable bonds is 2. The Balaban J connectivity index is 2.04. The number of aliphatic hydroxyl groups is 1. The van der Waals surface area contributed by atoms with Crippen molar-refractivity contribution in [3.8, 4) is 0 Å². The van der Waals surface area contributed by atoms with Crippen LogP contribution in [-0.4, -0.2) is 29.8 Å². The number of aromatic nitrogens is 1. The fourth-order valence-electron chi connectivity index (χ4n) is 1.98. The number of aliphatic hydroxyl groups excluding tert-OH is 1. The normalized spacial score (nSPS) is 18.1. The van der Waals surface area contributed by atoms with Crippen molar-refractivity contribution in [2.24, 2.45) is 5.92 Å². The minimum atomic E-state index is -0.264. The molecule has 0 spiro atoms. The van der Waals surface area contributed by atoms with Gasteiger partial charge < -0.3 is 10.0 Å². The van der Waals surface area contributed by atoms with Gasteiger partial charge in [-0.2, -0.15) is 0 Å². The molecule has 1 aromatic rings. The Morgan fingerprint density at radius 1 is 1.47 bits per heavy atom. The van der Waals surface area contributed by atoms with E-state index in [4.69, 9.17) is 5.11 Å². The summed E-state index contributed by atoms with van der Waals surface area (Å²) in [6.07, 6.45) is 4.71. The monoisotopic (exact) mass is 210 g/mol. The summed E-state index contributed by atoms with van der Waals surface area (Å²) >= 11 is 0. The lowest BCUT2D eigenvalue weighted by molar-refractivity contribution is 0.203. The predicted molar refractivity (Wildman–Crippen MR) is 56.2 cm³/mol. The third-order valence-corrected chi connectivity index (χ3v) is 2.96. The summed E-state index contributed by atoms with van der Waals surface area (Å²) in [4.78, 5) is 5.75. The zero-order valence-corrected chi connectivity index (χ0v) is 8.56. The lowest BCUT2D eigenvalue weighted by Gasteiger charge is -2.32. The van der Waals surface area contributed by atoms with Crippen molar-refractivity contribution < 1.29 is 9.50 Å². The molecule has 1 aliphatic rings. The zero-order chi connectivity index (χ0) is 10.7. The largest absolute Gasteiger partial charge is 0.396 e. The van der Waals surface area contributed by atoms with Gasteiger partial charge in [0.25, 0.3) is 0 Å². The molecule has 1 aromatic heterocycles. The van der Waals surface area contributed by atoms with E-state index in [1.165, 1.54) is 6.20 Å². The van der Waals surface area contributed by atoms with E-state index < -0.39 is 0 Å². The second-order valence-electron chi connectivity index (χ2n) is 3.94. The minimum absolute atomic E-state index is 0.243. The van der Waals surface area contributed by atoms with E-state index >= 15 is 0 Å². The highest BCUT2D eigenvalue weighted by atomic mass is 19.1. The zero-order valence-electron chi connectivity index (χ0n) is 8.56. The molecule has 0 radical (unpaired) electrons. The second-order valence-corrected chi connectivity index (χ2v) is 3.94. The first kappa shape index (κ1) is 10.4. The summed E-state index contributed by atoms with van der Waals surface area (Å²) in [5.41, 5.74) is 0.626. The Morgan fingerprint density at radius 3 is 2.80 bits per heavy atom. The number of hydrogen-bond donors (Lipinski definition) is 1. The number of anilines is 1. The molecule has 0 aliphatic carbocycles. The average molecular weight is 210 g/mol. The van der Waals surface area contributed by atoms with Crippen LogP contribution in [0.2, 0.25) is 0 Å². The Labute approximate surface area is 88.6 Å². The molecule has 1 fully saturated rings. The summed E-state index contributed by atoms with van der Waals surface area (Å²) in [6.45, 7) is 1.87. The van der Waals surface area contributed by atoms with Gasteiger partial charge in [0.05, 0.1) is 11.9 Å². The van der Waals surface area contributed by atoms with Crippen LogP contribution in [0.3, 0.4) is 0 Å². The Hall–Kier alpha value is -1.16. The number of piperidine rings is 1. The molecule has 0 saturated carbocycles. The van der Waals surface area contributed by atoms with E-state index in [1.807, 2.05) is 4.90 Å². The van der Waals surface area contributed by atoms with Gasteiger partial charge in [0.1, 0.15) is 0 Å². The van der Waals surface area contributed by atoms with E-state index in [0.29, 0.717) is 11.6 Å². The van der Waals surface area contributed by atoms with Crippen molar-refractivity contribution in [3.63, 3.8) is 0 Å². The first-order valence-corrected chi connectivity index (χ1v) is 5.26. The Bertz CT molecular complexity index is 324. The average Bonchev–Trinajstić information content (AvgIpc) is 2.30. The van der Waals surface area contributed by atoms with Gasteiger partial charge in [0, 0.05) is 25.9 Å². The lowest BCUT2D eigenvalue weighted by atomic mass is 9.97. The molecular formula is C11H15FN2O. The van der Waals surface area contributed by atoms with Crippen LogP contribution in [-0.2, 0) is 0 Å². The fourth-order valence-corrected chi connectivity index (χ4v) is 1.98. The van der Waals surface area contributed by atoms with Crippen LogP contribution in [0.25, 0.3) is 0 Å². The molecule has 3 nitrogen and oxygen atoms in total. The minimum Gasteiger partial charge on any atom is -0.396 e. The number of nitrogens with zero attached hydrogens (tertiary/aromatic N) is 2. The highest BCUT2D eigenvalue weighted by Crippen LogP contribution is 2.24. The Kier molecular flexibility index (Phi) is 3.16. The maximum Gasteiger partial charge on any atom is 0.164 e. The van der Waals surface area contributed by atoms with Gasteiger partial charge in [-0.3, -0.25) is 4.98 Å². The Morgan fingerprint density at radius 2 is 2.20 bits per heavy atom. The molecule has 2 rings (SSSR count). The summed E-state index contributed by atoms with van der Waals surface area (Å²) in [7, 11) is 0. The second kappa shape index (κ2) is 4.57. The molecule has 0 atom stereocenters. The number of pyridine rings is 1. The van der Waals surface area contributed by atoms with Crippen molar-refractivity contribution in [3.05, 3.63) is 24.3 Å². The third kappa shape index (κ3) is 2.26. The SMILES string of the molecule is OCC1CCN(c2ccncc2F)CC1. The predicted octanol–water partition coefficient (Wildman–Crippen LogP) is 1.43. The standard InChI is InChI=1S/C11H15FN2O/c12-10-7-13-4-1-11(10)14-5-2-9(8-15)3-6-14/h1,4,7,9,15H,2-3,5-6,8H2. The van der Waals surface area contributed by atoms with E-state index in [0.717, 1.165) is 25.9 Å². The summed E-state index contributed by atoms with van der Waals surface area (Å²) in [5, 5.41) is 9.00. The topological polar surface area (TPSA) is 36.4 Å². The van der Waals surface area contributed by atoms with Gasteiger partial charge in [-0.05, 0) is 24.8 Å². The third-order valence-electron chi connectivity index (χ3n) is 2.96. The van der Waals surface area contributed by atoms with Gasteiger partial charge in [0.15, 0.2) is 5.82 Å². The maximum atomic E-state index is 13.4. The first-order valence-electron chi connectivity index (χ1n) is 5.26. The van der Waals surface area contributed by atoms with E-state index in [2.05, 4.69) is 4.98 Å². The van der Waals surface area contributed by atoms with E-state index in [9.17, 15) is 4.39 Å². The van der Waals surface area contributed by atoms with Crippen LogP contribution >= 0.6 is 0 Å². The van der Waals surface area contributed by atoms with Gasteiger partial charge in [0.2, 0.25) is 0 Å². The van der Waals surface area contributed by atoms with Crippen LogP contribution in [0.15, 0.2) is 18.5 Å². The number of halogens is 1. The molecule has 0 unspecified atom stereocenters. The smallest absolute Gasteiger partial charge is 0.164 e. The highest BCUT2D eigenvalue weighted by Gasteiger charge is 2.20. The van der Waals surface area contributed by atoms with Crippen molar-refractivity contribution in [1.29, 1.82) is 0 Å². The van der Waals surface area contributed by atoms with Crippen LogP contribution < -0.4 is 4.90 Å². The van der Waals surface area contributed by atoms with Crippen molar-refractivity contribution in [2.45, 2.75) is 12.8 Å². The van der Waals surface area contributed by atoms with Crippen LogP contribution in [0.1, 0.15) is 12.8 Å². The van der Waals surface area contributed by atoms with Crippen LogP contribution in [0.4, 0.5) is 10.1 Å². The molecule has 4 heteroatoms. The van der Waals surface area contributed by atoms with Gasteiger partial charge in [-0.25, -0.2) is 4.39 Å². The van der Waals surface area contributed by atoms with Crippen LogP contribution in [0.5, 0.6) is 0 Å². The summed E-state index contributed by atoms with van der Waals surface area (Å²) < 4.78 is 13.4. The molecule has 1 saturated heterocycles. The molecule has 15 heavy (non-hydrogen) atoms. The lowest BCUT2D eigenvalue weighted by Crippen LogP contribution is -2.35. The molecule has 1 N–H and O–H groups in total. The summed E-state index contributed by atoms with van der Waals surface area (Å²) in [6, 6.07) is 1.70. The molecule has 82 valence electrons. The van der Waals surface area contributed by atoms with Crippen LogP contribution in [0, 0.1) is 11.7 Å². The number of hydrogen-bond acceptors (Lipinski definition) is 3. The molecular weight excluding hydrogens is 195 g/mol. The molecule has 0 amide bonds. The molecule has 0 bridgehead atoms. The quantitative estimate of drug-likeness (QED) is 0.802. The van der Waals surface area contributed by atoms with Gasteiger partial charge >= 0.3 is 0 Å². The maximum absolute atomic E-state index is 13.4. The first-order chi connectivity index (χ1) is 7.31. The van der Waals surface area contributed by atoms with Crippen molar-refractivity contribution >= 4 is 5.69 Å². The van der Waals surface area contributed by atoms with Crippen molar-refractivity contribution in [2.75, 3.05) is 24.6 Å². The van der Waals surface area contributed by atoms with Crippen molar-refractivity contribution in [1.82, 2.24) is 4.98 Å². The van der Waals surface area contributed by atoms with Gasteiger partial charge in [-0.15, -0.1) is 0 Å². The fraction of sp³-hybridized carbons (Fsp3) is 0.545. The molecule has 1 aliphatic heterocycles. The highest BCUT2D eigenvalue weighted by molar-refractivity contribution is 5.46. The van der Waals surface area contributed by atoms with Gasteiger partial charge in [-0.1, -0.05) is 0 Å². The van der Waals surface area contributed by atoms with E-state index in [1.54, 1.807) is 12.3 Å². The molecule has 2 heterocycles. The summed E-state index contributed by atoms with van der Waals surface area (Å²) in [5.74, 6) is 0.117. The molecule has 0 aromatic carbocycles.